The molecular formula is C24H24N2O2. The number of nitrogens with zero attached hydrogens (tertiary/aromatic N) is 1. The maximum absolute atomic E-state index is 12.6. The average Bonchev–Trinajstić information content (AvgIpc) is 3.17. The Hall–Kier alpha value is -3.11. The van der Waals surface area contributed by atoms with Crippen molar-refractivity contribution < 1.29 is 9.53 Å². The molecule has 3 aromatic rings. The molecule has 0 radical (unpaired) electrons. The SMILES string of the molecule is O=C(N[C@H]1CCN(Cc2ccccc2)C1)c1ccc(Oc2ccccc2)cc1. The smallest absolute Gasteiger partial charge is 0.251 e. The molecule has 1 amide bonds. The zero-order valence-electron chi connectivity index (χ0n) is 15.8. The van der Waals surface area contributed by atoms with Crippen molar-refractivity contribution in [3.8, 4) is 11.5 Å². The maximum atomic E-state index is 12.6. The number of amides is 1. The van der Waals surface area contributed by atoms with Gasteiger partial charge < -0.3 is 10.1 Å². The lowest BCUT2D eigenvalue weighted by Gasteiger charge is -2.17. The van der Waals surface area contributed by atoms with Crippen LogP contribution in [0.3, 0.4) is 0 Å². The summed E-state index contributed by atoms with van der Waals surface area (Å²) in [5.74, 6) is 1.47. The number of hydrogen-bond acceptors (Lipinski definition) is 3. The topological polar surface area (TPSA) is 41.6 Å². The average molecular weight is 372 g/mol. The molecule has 0 aliphatic carbocycles. The molecule has 0 spiro atoms. The number of ether oxygens (including phenoxy) is 1. The third-order valence-electron chi connectivity index (χ3n) is 4.95. The Kier molecular flexibility index (Phi) is 5.69. The highest BCUT2D eigenvalue weighted by molar-refractivity contribution is 5.94. The lowest BCUT2D eigenvalue weighted by Crippen LogP contribution is -2.36. The van der Waals surface area contributed by atoms with E-state index in [0.717, 1.165) is 37.6 Å². The molecule has 142 valence electrons. The Morgan fingerprint density at radius 1 is 0.893 bits per heavy atom. The highest BCUT2D eigenvalue weighted by atomic mass is 16.5. The zero-order chi connectivity index (χ0) is 19.2. The summed E-state index contributed by atoms with van der Waals surface area (Å²) in [4.78, 5) is 15.0. The monoisotopic (exact) mass is 372 g/mol. The molecule has 4 heteroatoms. The van der Waals surface area contributed by atoms with E-state index in [1.165, 1.54) is 5.56 Å². The molecule has 28 heavy (non-hydrogen) atoms. The van der Waals surface area contributed by atoms with E-state index in [-0.39, 0.29) is 11.9 Å². The summed E-state index contributed by atoms with van der Waals surface area (Å²) >= 11 is 0. The minimum Gasteiger partial charge on any atom is -0.457 e. The van der Waals surface area contributed by atoms with E-state index >= 15 is 0 Å². The summed E-state index contributed by atoms with van der Waals surface area (Å²) in [6, 6.07) is 27.5. The van der Waals surface area contributed by atoms with Gasteiger partial charge in [0.05, 0.1) is 0 Å². The predicted molar refractivity (Wildman–Crippen MR) is 111 cm³/mol. The van der Waals surface area contributed by atoms with Gasteiger partial charge in [0.15, 0.2) is 0 Å². The van der Waals surface area contributed by atoms with Crippen LogP contribution in [-0.2, 0) is 6.54 Å². The second kappa shape index (κ2) is 8.72. The van der Waals surface area contributed by atoms with Crippen molar-refractivity contribution in [3.05, 3.63) is 96.1 Å². The molecule has 4 nitrogen and oxygen atoms in total. The van der Waals surface area contributed by atoms with Crippen molar-refractivity contribution in [1.29, 1.82) is 0 Å². The Morgan fingerprint density at radius 3 is 2.25 bits per heavy atom. The Labute approximate surface area is 165 Å². The molecule has 4 rings (SSSR count). The van der Waals surface area contributed by atoms with E-state index in [9.17, 15) is 4.79 Å². The molecule has 3 aromatic carbocycles. The molecular weight excluding hydrogens is 348 g/mol. The quantitative estimate of drug-likeness (QED) is 0.693. The van der Waals surface area contributed by atoms with Gasteiger partial charge in [0.2, 0.25) is 0 Å². The van der Waals surface area contributed by atoms with Gasteiger partial charge in [0.1, 0.15) is 11.5 Å². The number of hydrogen-bond donors (Lipinski definition) is 1. The van der Waals surface area contributed by atoms with Crippen LogP contribution in [0.5, 0.6) is 11.5 Å². The zero-order valence-corrected chi connectivity index (χ0v) is 15.8. The van der Waals surface area contributed by atoms with E-state index < -0.39 is 0 Å². The van der Waals surface area contributed by atoms with Crippen LogP contribution < -0.4 is 10.1 Å². The summed E-state index contributed by atoms with van der Waals surface area (Å²) in [5, 5.41) is 3.16. The predicted octanol–water partition coefficient (Wildman–Crippen LogP) is 4.48. The molecule has 0 bridgehead atoms. The highest BCUT2D eigenvalue weighted by Crippen LogP contribution is 2.21. The van der Waals surface area contributed by atoms with Crippen LogP contribution in [0.2, 0.25) is 0 Å². The first-order valence-electron chi connectivity index (χ1n) is 9.66. The molecule has 1 aliphatic rings. The second-order valence-corrected chi connectivity index (χ2v) is 7.12. The van der Waals surface area contributed by atoms with E-state index in [1.54, 1.807) is 0 Å². The van der Waals surface area contributed by atoms with E-state index in [1.807, 2.05) is 60.7 Å². The van der Waals surface area contributed by atoms with E-state index in [4.69, 9.17) is 4.74 Å². The lowest BCUT2D eigenvalue weighted by molar-refractivity contribution is 0.0937. The van der Waals surface area contributed by atoms with Gasteiger partial charge in [-0.3, -0.25) is 9.69 Å². The number of carbonyl (C=O) groups is 1. The lowest BCUT2D eigenvalue weighted by atomic mass is 10.2. The normalized spacial score (nSPS) is 16.6. The van der Waals surface area contributed by atoms with Crippen LogP contribution in [-0.4, -0.2) is 29.9 Å². The molecule has 0 unspecified atom stereocenters. The molecule has 1 aliphatic heterocycles. The number of carbonyl (C=O) groups excluding carboxylic acids is 1. The van der Waals surface area contributed by atoms with Crippen molar-refractivity contribution in [3.63, 3.8) is 0 Å². The van der Waals surface area contributed by atoms with Crippen LogP contribution in [0, 0.1) is 0 Å². The third kappa shape index (κ3) is 4.78. The van der Waals surface area contributed by atoms with Crippen LogP contribution in [0.15, 0.2) is 84.9 Å². The fourth-order valence-corrected chi connectivity index (χ4v) is 3.50. The first-order chi connectivity index (χ1) is 13.8. The van der Waals surface area contributed by atoms with Gasteiger partial charge in [-0.15, -0.1) is 0 Å². The van der Waals surface area contributed by atoms with Crippen molar-refractivity contribution >= 4 is 5.91 Å². The second-order valence-electron chi connectivity index (χ2n) is 7.12. The largest absolute Gasteiger partial charge is 0.457 e. The van der Waals surface area contributed by atoms with Gasteiger partial charge in [-0.05, 0) is 48.4 Å². The fourth-order valence-electron chi connectivity index (χ4n) is 3.50. The van der Waals surface area contributed by atoms with Crippen LogP contribution >= 0.6 is 0 Å². The first-order valence-corrected chi connectivity index (χ1v) is 9.66. The summed E-state index contributed by atoms with van der Waals surface area (Å²) in [6.45, 7) is 2.82. The van der Waals surface area contributed by atoms with Crippen molar-refractivity contribution in [2.45, 2.75) is 19.0 Å². The summed E-state index contributed by atoms with van der Waals surface area (Å²) in [5.41, 5.74) is 1.96. The van der Waals surface area contributed by atoms with Gasteiger partial charge >= 0.3 is 0 Å². The molecule has 1 fully saturated rings. The fraction of sp³-hybridized carbons (Fsp3) is 0.208. The van der Waals surface area contributed by atoms with E-state index in [0.29, 0.717) is 5.56 Å². The summed E-state index contributed by atoms with van der Waals surface area (Å²) in [7, 11) is 0. The Bertz CT molecular complexity index is 895. The summed E-state index contributed by atoms with van der Waals surface area (Å²) < 4.78 is 5.78. The number of likely N-dealkylation sites (tertiary alicyclic amines) is 1. The van der Waals surface area contributed by atoms with Gasteiger partial charge in [-0.25, -0.2) is 0 Å². The van der Waals surface area contributed by atoms with Gasteiger partial charge in [0, 0.05) is 31.2 Å². The molecule has 1 atom stereocenters. The third-order valence-corrected chi connectivity index (χ3v) is 4.95. The standard InChI is InChI=1S/C24H24N2O2/c27-24(20-11-13-23(14-12-20)28-22-9-5-2-6-10-22)25-21-15-16-26(18-21)17-19-7-3-1-4-8-19/h1-14,21H,15-18H2,(H,25,27)/t21-/m0/s1. The maximum Gasteiger partial charge on any atom is 0.251 e. The Morgan fingerprint density at radius 2 is 1.54 bits per heavy atom. The first kappa shape index (κ1) is 18.3. The van der Waals surface area contributed by atoms with Crippen molar-refractivity contribution in [1.82, 2.24) is 10.2 Å². The van der Waals surface area contributed by atoms with Crippen molar-refractivity contribution in [2.24, 2.45) is 0 Å². The minimum absolute atomic E-state index is 0.0298. The molecule has 1 heterocycles. The number of para-hydroxylation sites is 1. The molecule has 0 aromatic heterocycles. The van der Waals surface area contributed by atoms with Crippen molar-refractivity contribution in [2.75, 3.05) is 13.1 Å². The number of rotatable bonds is 6. The van der Waals surface area contributed by atoms with Crippen LogP contribution in [0.25, 0.3) is 0 Å². The molecule has 1 saturated heterocycles. The van der Waals surface area contributed by atoms with Gasteiger partial charge in [0.25, 0.3) is 5.91 Å². The minimum atomic E-state index is -0.0298. The Balaban J connectivity index is 1.29. The highest BCUT2D eigenvalue weighted by Gasteiger charge is 2.24. The van der Waals surface area contributed by atoms with Gasteiger partial charge in [-0.2, -0.15) is 0 Å². The molecule has 0 saturated carbocycles. The number of benzene rings is 3. The van der Waals surface area contributed by atoms with Gasteiger partial charge in [-0.1, -0.05) is 48.5 Å². The summed E-state index contributed by atoms with van der Waals surface area (Å²) in [6.07, 6.45) is 0.980. The number of nitrogens with one attached hydrogen (secondary N) is 1. The van der Waals surface area contributed by atoms with Crippen LogP contribution in [0.1, 0.15) is 22.3 Å². The van der Waals surface area contributed by atoms with E-state index in [2.05, 4.69) is 34.5 Å². The molecule has 1 N–H and O–H groups in total. The van der Waals surface area contributed by atoms with Crippen LogP contribution in [0.4, 0.5) is 0 Å².